The van der Waals surface area contributed by atoms with Crippen molar-refractivity contribution in [3.63, 3.8) is 0 Å². The largest absolute Gasteiger partial charge is 0.416 e. The quantitative estimate of drug-likeness (QED) is 0.876. The molecular formula is C16H19F3N2O3. The lowest BCUT2D eigenvalue weighted by atomic mass is 10.1. The molecule has 132 valence electrons. The maximum absolute atomic E-state index is 12.7. The van der Waals surface area contributed by atoms with E-state index in [2.05, 4.69) is 5.32 Å². The predicted molar refractivity (Wildman–Crippen MR) is 79.8 cm³/mol. The van der Waals surface area contributed by atoms with Crippen LogP contribution in [0.25, 0.3) is 0 Å². The van der Waals surface area contributed by atoms with Crippen LogP contribution in [0.4, 0.5) is 13.2 Å². The number of aliphatic hydroxyl groups is 1. The van der Waals surface area contributed by atoms with Crippen LogP contribution in [0, 0.1) is 0 Å². The molecule has 0 aliphatic carbocycles. The Labute approximate surface area is 137 Å². The number of nitrogens with zero attached hydrogens (tertiary/aromatic N) is 1. The van der Waals surface area contributed by atoms with E-state index in [1.165, 1.54) is 24.0 Å². The molecule has 0 saturated carbocycles. The summed E-state index contributed by atoms with van der Waals surface area (Å²) in [6, 6.07) is 3.75. The van der Waals surface area contributed by atoms with Crippen LogP contribution in [-0.4, -0.2) is 41.0 Å². The molecule has 0 spiro atoms. The fourth-order valence-electron chi connectivity index (χ4n) is 2.77. The second kappa shape index (κ2) is 7.21. The highest BCUT2D eigenvalue weighted by Gasteiger charge is 2.33. The lowest BCUT2D eigenvalue weighted by molar-refractivity contribution is -0.137. The number of aliphatic hydroxyl groups excluding tert-OH is 1. The van der Waals surface area contributed by atoms with Gasteiger partial charge in [-0.25, -0.2) is 0 Å². The van der Waals surface area contributed by atoms with Crippen molar-refractivity contribution in [1.29, 1.82) is 0 Å². The Morgan fingerprint density at radius 2 is 2.12 bits per heavy atom. The van der Waals surface area contributed by atoms with E-state index in [9.17, 15) is 27.9 Å². The van der Waals surface area contributed by atoms with Gasteiger partial charge in [0.15, 0.2) is 0 Å². The van der Waals surface area contributed by atoms with Gasteiger partial charge in [0.25, 0.3) is 0 Å². The van der Waals surface area contributed by atoms with Crippen LogP contribution in [0.1, 0.15) is 37.0 Å². The first-order valence-electron chi connectivity index (χ1n) is 7.60. The number of amides is 2. The molecule has 8 heteroatoms. The molecule has 0 bridgehead atoms. The zero-order valence-electron chi connectivity index (χ0n) is 13.1. The molecule has 1 aliphatic heterocycles. The first-order chi connectivity index (χ1) is 11.2. The number of carbonyl (C=O) groups excluding carboxylic acids is 2. The number of halogens is 3. The number of alkyl halides is 3. The molecule has 1 aliphatic rings. The van der Waals surface area contributed by atoms with Crippen LogP contribution >= 0.6 is 0 Å². The fourth-order valence-corrected chi connectivity index (χ4v) is 2.77. The van der Waals surface area contributed by atoms with Gasteiger partial charge in [0.2, 0.25) is 11.8 Å². The van der Waals surface area contributed by atoms with Gasteiger partial charge in [-0.1, -0.05) is 12.1 Å². The van der Waals surface area contributed by atoms with Gasteiger partial charge in [-0.15, -0.1) is 0 Å². The molecule has 24 heavy (non-hydrogen) atoms. The summed E-state index contributed by atoms with van der Waals surface area (Å²) < 4.78 is 38.0. The van der Waals surface area contributed by atoms with Gasteiger partial charge in [0.1, 0.15) is 6.04 Å². The Balaban J connectivity index is 1.97. The highest BCUT2D eigenvalue weighted by molar-refractivity contribution is 5.87. The summed E-state index contributed by atoms with van der Waals surface area (Å²) in [5, 5.41) is 12.5. The zero-order valence-corrected chi connectivity index (χ0v) is 13.1. The molecule has 0 radical (unpaired) electrons. The predicted octanol–water partition coefficient (Wildman–Crippen LogP) is 1.87. The molecule has 2 rings (SSSR count). The Hall–Kier alpha value is -2.09. The first kappa shape index (κ1) is 18.3. The number of hydrogen-bond donors (Lipinski definition) is 2. The Morgan fingerprint density at radius 1 is 1.42 bits per heavy atom. The summed E-state index contributed by atoms with van der Waals surface area (Å²) in [6.07, 6.45) is -4.51. The molecule has 2 atom stereocenters. The first-order valence-corrected chi connectivity index (χ1v) is 7.60. The second-order valence-electron chi connectivity index (χ2n) is 5.75. The molecule has 1 fully saturated rings. The molecular weight excluding hydrogens is 325 g/mol. The summed E-state index contributed by atoms with van der Waals surface area (Å²) in [5.74, 6) is -0.611. The van der Waals surface area contributed by atoms with E-state index in [4.69, 9.17) is 0 Å². The maximum Gasteiger partial charge on any atom is 0.416 e. The second-order valence-corrected chi connectivity index (χ2v) is 5.75. The molecule has 0 unspecified atom stereocenters. The van der Waals surface area contributed by atoms with Crippen LogP contribution in [0.15, 0.2) is 24.3 Å². The number of carbonyl (C=O) groups is 2. The molecule has 1 saturated heterocycles. The minimum absolute atomic E-state index is 0.0694. The number of rotatable bonds is 4. The van der Waals surface area contributed by atoms with Crippen molar-refractivity contribution in [3.05, 3.63) is 35.4 Å². The minimum atomic E-state index is -4.50. The molecule has 2 N–H and O–H groups in total. The molecule has 1 aromatic carbocycles. The van der Waals surface area contributed by atoms with Gasteiger partial charge in [0.05, 0.1) is 11.7 Å². The molecule has 2 amide bonds. The van der Waals surface area contributed by atoms with Crippen molar-refractivity contribution in [2.45, 2.75) is 38.1 Å². The van der Waals surface area contributed by atoms with E-state index in [-0.39, 0.29) is 18.0 Å². The summed E-state index contributed by atoms with van der Waals surface area (Å²) >= 11 is 0. The summed E-state index contributed by atoms with van der Waals surface area (Å²) in [4.78, 5) is 25.0. The minimum Gasteiger partial charge on any atom is -0.387 e. The number of nitrogens with one attached hydrogen (secondary N) is 1. The Morgan fingerprint density at radius 3 is 2.75 bits per heavy atom. The Kier molecular flexibility index (Phi) is 5.48. The molecule has 1 aromatic rings. The van der Waals surface area contributed by atoms with Gasteiger partial charge >= 0.3 is 6.18 Å². The van der Waals surface area contributed by atoms with E-state index in [1.807, 2.05) is 0 Å². The van der Waals surface area contributed by atoms with Crippen molar-refractivity contribution in [2.75, 3.05) is 13.1 Å². The van der Waals surface area contributed by atoms with Crippen LogP contribution in [0.2, 0.25) is 0 Å². The van der Waals surface area contributed by atoms with E-state index in [0.717, 1.165) is 12.1 Å². The normalized spacial score (nSPS) is 19.2. The van der Waals surface area contributed by atoms with Crippen molar-refractivity contribution < 1.29 is 27.9 Å². The summed E-state index contributed by atoms with van der Waals surface area (Å²) in [6.45, 7) is 1.66. The van der Waals surface area contributed by atoms with Crippen LogP contribution in [0.5, 0.6) is 0 Å². The highest BCUT2D eigenvalue weighted by Crippen LogP contribution is 2.30. The van der Waals surface area contributed by atoms with Crippen molar-refractivity contribution >= 4 is 11.8 Å². The van der Waals surface area contributed by atoms with Gasteiger partial charge in [-0.2, -0.15) is 13.2 Å². The topological polar surface area (TPSA) is 69.6 Å². The van der Waals surface area contributed by atoms with Gasteiger partial charge in [-0.05, 0) is 30.5 Å². The summed E-state index contributed by atoms with van der Waals surface area (Å²) in [5.41, 5.74) is -0.788. The van der Waals surface area contributed by atoms with E-state index < -0.39 is 29.8 Å². The SMILES string of the molecule is CC(=O)N1CCC[C@H]1C(=O)NC[C@H](O)c1cccc(C(F)(F)F)c1. The van der Waals surface area contributed by atoms with Gasteiger partial charge in [-0.3, -0.25) is 9.59 Å². The van der Waals surface area contributed by atoms with Crippen molar-refractivity contribution in [3.8, 4) is 0 Å². The monoisotopic (exact) mass is 344 g/mol. The van der Waals surface area contributed by atoms with E-state index in [1.54, 1.807) is 0 Å². The Bertz CT molecular complexity index is 619. The highest BCUT2D eigenvalue weighted by atomic mass is 19.4. The van der Waals surface area contributed by atoms with Crippen molar-refractivity contribution in [2.24, 2.45) is 0 Å². The standard InChI is InChI=1S/C16H19F3N2O3/c1-10(22)21-7-3-6-13(21)15(24)20-9-14(23)11-4-2-5-12(8-11)16(17,18)19/h2,4-5,8,13-14,23H,3,6-7,9H2,1H3,(H,20,24)/t13-,14-/m0/s1. The third kappa shape index (κ3) is 4.25. The zero-order chi connectivity index (χ0) is 17.9. The number of benzene rings is 1. The average molecular weight is 344 g/mol. The third-order valence-electron chi connectivity index (χ3n) is 4.03. The van der Waals surface area contributed by atoms with Crippen LogP contribution < -0.4 is 5.32 Å². The molecule has 1 heterocycles. The number of likely N-dealkylation sites (tertiary alicyclic amines) is 1. The maximum atomic E-state index is 12.7. The third-order valence-corrected chi connectivity index (χ3v) is 4.03. The lowest BCUT2D eigenvalue weighted by Crippen LogP contribution is -2.46. The van der Waals surface area contributed by atoms with E-state index >= 15 is 0 Å². The van der Waals surface area contributed by atoms with Crippen LogP contribution in [0.3, 0.4) is 0 Å². The fraction of sp³-hybridized carbons (Fsp3) is 0.500. The summed E-state index contributed by atoms with van der Waals surface area (Å²) in [7, 11) is 0. The van der Waals surface area contributed by atoms with Gasteiger partial charge in [0, 0.05) is 20.0 Å². The van der Waals surface area contributed by atoms with E-state index in [0.29, 0.717) is 19.4 Å². The lowest BCUT2D eigenvalue weighted by Gasteiger charge is -2.23. The average Bonchev–Trinajstić information content (AvgIpc) is 3.01. The number of hydrogen-bond acceptors (Lipinski definition) is 3. The van der Waals surface area contributed by atoms with Crippen LogP contribution in [-0.2, 0) is 15.8 Å². The molecule has 5 nitrogen and oxygen atoms in total. The smallest absolute Gasteiger partial charge is 0.387 e. The van der Waals surface area contributed by atoms with Gasteiger partial charge < -0.3 is 15.3 Å². The van der Waals surface area contributed by atoms with Crippen molar-refractivity contribution in [1.82, 2.24) is 10.2 Å². The molecule has 0 aromatic heterocycles.